The summed E-state index contributed by atoms with van der Waals surface area (Å²) in [7, 11) is 3.53. The van der Waals surface area contributed by atoms with Gasteiger partial charge in [-0.1, -0.05) is 0 Å². The second-order valence-electron chi connectivity index (χ2n) is 6.54. The Morgan fingerprint density at radius 3 is 2.88 bits per heavy atom. The zero-order chi connectivity index (χ0) is 16.9. The van der Waals surface area contributed by atoms with Gasteiger partial charge in [0.05, 0.1) is 30.4 Å². The van der Waals surface area contributed by atoms with Gasteiger partial charge in [0.2, 0.25) is 5.91 Å². The van der Waals surface area contributed by atoms with Crippen LogP contribution in [0, 0.1) is 5.92 Å². The fourth-order valence-electron chi connectivity index (χ4n) is 3.64. The van der Waals surface area contributed by atoms with E-state index in [9.17, 15) is 4.79 Å². The number of amides is 1. The first-order chi connectivity index (χ1) is 11.7. The van der Waals surface area contributed by atoms with Crippen molar-refractivity contribution in [2.24, 2.45) is 13.0 Å². The highest BCUT2D eigenvalue weighted by Crippen LogP contribution is 2.33. The maximum absolute atomic E-state index is 12.9. The van der Waals surface area contributed by atoms with E-state index in [4.69, 9.17) is 14.2 Å². The van der Waals surface area contributed by atoms with Gasteiger partial charge in [0.15, 0.2) is 0 Å². The molecule has 134 valence electrons. The van der Waals surface area contributed by atoms with Gasteiger partial charge in [0.1, 0.15) is 6.10 Å². The molecule has 2 saturated heterocycles. The van der Waals surface area contributed by atoms with Crippen LogP contribution in [0.1, 0.15) is 37.5 Å². The number of carbonyl (C=O) groups is 1. The van der Waals surface area contributed by atoms with E-state index in [0.29, 0.717) is 13.2 Å². The van der Waals surface area contributed by atoms with Crippen LogP contribution in [0.25, 0.3) is 0 Å². The second kappa shape index (κ2) is 8.09. The van der Waals surface area contributed by atoms with E-state index in [1.165, 1.54) is 0 Å². The van der Waals surface area contributed by atoms with Crippen LogP contribution in [0.4, 0.5) is 0 Å². The topological polar surface area (TPSA) is 74.6 Å². The minimum Gasteiger partial charge on any atom is -0.382 e. The molecule has 3 heterocycles. The van der Waals surface area contributed by atoms with Gasteiger partial charge in [-0.15, -0.1) is 0 Å². The zero-order valence-electron chi connectivity index (χ0n) is 14.4. The molecule has 0 spiro atoms. The van der Waals surface area contributed by atoms with Crippen molar-refractivity contribution in [3.05, 3.63) is 18.0 Å². The van der Waals surface area contributed by atoms with E-state index >= 15 is 0 Å². The smallest absolute Gasteiger partial charge is 0.226 e. The summed E-state index contributed by atoms with van der Waals surface area (Å²) in [6.07, 6.45) is 5.22. The average Bonchev–Trinajstić information content (AvgIpc) is 3.26. The summed E-state index contributed by atoms with van der Waals surface area (Å²) >= 11 is 0. The molecule has 0 aliphatic carbocycles. The van der Waals surface area contributed by atoms with Crippen LogP contribution < -0.4 is 5.32 Å². The van der Waals surface area contributed by atoms with E-state index in [1.54, 1.807) is 18.0 Å². The number of aryl methyl sites for hydroxylation is 1. The first kappa shape index (κ1) is 17.4. The van der Waals surface area contributed by atoms with Crippen molar-refractivity contribution in [3.63, 3.8) is 0 Å². The number of methoxy groups -OCH3 is 1. The lowest BCUT2D eigenvalue weighted by Gasteiger charge is -2.33. The minimum absolute atomic E-state index is 0.0125. The van der Waals surface area contributed by atoms with Gasteiger partial charge in [-0.3, -0.25) is 9.48 Å². The molecule has 0 aromatic carbocycles. The van der Waals surface area contributed by atoms with E-state index in [0.717, 1.165) is 38.0 Å². The van der Waals surface area contributed by atoms with Crippen LogP contribution in [0.15, 0.2) is 12.3 Å². The maximum Gasteiger partial charge on any atom is 0.226 e. The normalized spacial score (nSPS) is 28.7. The van der Waals surface area contributed by atoms with Crippen LogP contribution >= 0.6 is 0 Å². The maximum atomic E-state index is 12.9. The standard InChI is InChI=1S/C17H27N3O4/c1-20-14(7-8-18-20)16-12(5-3-10-24-16)17(21)19-13(11-22-2)15-6-4-9-23-15/h7-8,12-13,15-16H,3-6,9-11H2,1-2H3,(H,19,21)/t12-,13?,15?,16-/m1/s1. The molecule has 3 rings (SSSR count). The van der Waals surface area contributed by atoms with Crippen LogP contribution in [-0.2, 0) is 26.1 Å². The third-order valence-electron chi connectivity index (χ3n) is 4.90. The molecular weight excluding hydrogens is 310 g/mol. The lowest BCUT2D eigenvalue weighted by molar-refractivity contribution is -0.137. The molecule has 0 radical (unpaired) electrons. The predicted molar refractivity (Wildman–Crippen MR) is 87.4 cm³/mol. The summed E-state index contributed by atoms with van der Waals surface area (Å²) in [4.78, 5) is 12.9. The molecule has 4 atom stereocenters. The highest BCUT2D eigenvalue weighted by molar-refractivity contribution is 5.80. The summed E-state index contributed by atoms with van der Waals surface area (Å²) in [6, 6.07) is 1.81. The Balaban J connectivity index is 1.70. The highest BCUT2D eigenvalue weighted by atomic mass is 16.5. The third kappa shape index (κ3) is 3.79. The van der Waals surface area contributed by atoms with E-state index in [2.05, 4.69) is 10.4 Å². The molecular formula is C17H27N3O4. The summed E-state index contributed by atoms with van der Waals surface area (Å²) < 4.78 is 18.7. The number of ether oxygens (including phenoxy) is 3. The fourth-order valence-corrected chi connectivity index (χ4v) is 3.64. The molecule has 1 aromatic rings. The van der Waals surface area contributed by atoms with Gasteiger partial charge in [-0.05, 0) is 31.7 Å². The molecule has 2 aliphatic heterocycles. The monoisotopic (exact) mass is 337 g/mol. The molecule has 2 fully saturated rings. The van der Waals surface area contributed by atoms with E-state index in [-0.39, 0.29) is 30.1 Å². The van der Waals surface area contributed by atoms with Crippen molar-refractivity contribution < 1.29 is 19.0 Å². The lowest BCUT2D eigenvalue weighted by atomic mass is 9.90. The molecule has 1 N–H and O–H groups in total. The first-order valence-corrected chi connectivity index (χ1v) is 8.71. The Morgan fingerprint density at radius 2 is 2.21 bits per heavy atom. The Morgan fingerprint density at radius 1 is 1.42 bits per heavy atom. The Labute approximate surface area is 142 Å². The average molecular weight is 337 g/mol. The van der Waals surface area contributed by atoms with Gasteiger partial charge >= 0.3 is 0 Å². The molecule has 2 aliphatic rings. The quantitative estimate of drug-likeness (QED) is 0.844. The number of hydrogen-bond acceptors (Lipinski definition) is 5. The molecule has 0 saturated carbocycles. The predicted octanol–water partition coefficient (Wildman–Crippen LogP) is 1.20. The zero-order valence-corrected chi connectivity index (χ0v) is 14.4. The number of hydrogen-bond donors (Lipinski definition) is 1. The van der Waals surface area contributed by atoms with Crippen molar-refractivity contribution >= 4 is 5.91 Å². The highest BCUT2D eigenvalue weighted by Gasteiger charge is 2.37. The summed E-state index contributed by atoms with van der Waals surface area (Å²) in [5.74, 6) is -0.201. The van der Waals surface area contributed by atoms with Crippen LogP contribution in [0.3, 0.4) is 0 Å². The first-order valence-electron chi connectivity index (χ1n) is 8.71. The summed E-state index contributed by atoms with van der Waals surface area (Å²) in [5.41, 5.74) is 0.940. The van der Waals surface area contributed by atoms with Crippen molar-refractivity contribution in [1.29, 1.82) is 0 Å². The van der Waals surface area contributed by atoms with Gasteiger partial charge < -0.3 is 19.5 Å². The number of aromatic nitrogens is 2. The van der Waals surface area contributed by atoms with Gasteiger partial charge in [0, 0.05) is 33.6 Å². The van der Waals surface area contributed by atoms with Crippen molar-refractivity contribution in [1.82, 2.24) is 15.1 Å². The number of nitrogens with one attached hydrogen (secondary N) is 1. The second-order valence-corrected chi connectivity index (χ2v) is 6.54. The molecule has 7 nitrogen and oxygen atoms in total. The summed E-state index contributed by atoms with van der Waals surface area (Å²) in [5, 5.41) is 7.35. The minimum atomic E-state index is -0.251. The summed E-state index contributed by atoms with van der Waals surface area (Å²) in [6.45, 7) is 1.89. The van der Waals surface area contributed by atoms with Crippen LogP contribution in [-0.4, -0.2) is 54.8 Å². The SMILES string of the molecule is COCC(NC(=O)[C@@H]1CCCO[C@H]1c1ccnn1C)C1CCCO1. The van der Waals surface area contributed by atoms with E-state index < -0.39 is 0 Å². The van der Waals surface area contributed by atoms with Crippen molar-refractivity contribution in [2.75, 3.05) is 26.9 Å². The van der Waals surface area contributed by atoms with Gasteiger partial charge in [-0.25, -0.2) is 0 Å². The molecule has 2 unspecified atom stereocenters. The molecule has 0 bridgehead atoms. The Hall–Kier alpha value is -1.44. The molecule has 1 aromatic heterocycles. The van der Waals surface area contributed by atoms with Crippen molar-refractivity contribution in [3.8, 4) is 0 Å². The Bertz CT molecular complexity index is 542. The number of carbonyl (C=O) groups excluding carboxylic acids is 1. The Kier molecular flexibility index (Phi) is 5.86. The molecule has 1 amide bonds. The van der Waals surface area contributed by atoms with Gasteiger partial charge in [-0.2, -0.15) is 5.10 Å². The largest absolute Gasteiger partial charge is 0.382 e. The van der Waals surface area contributed by atoms with Crippen LogP contribution in [0.2, 0.25) is 0 Å². The fraction of sp³-hybridized carbons (Fsp3) is 0.765. The number of rotatable bonds is 6. The number of nitrogens with zero attached hydrogens (tertiary/aromatic N) is 2. The molecule has 24 heavy (non-hydrogen) atoms. The van der Waals surface area contributed by atoms with Crippen molar-refractivity contribution in [2.45, 2.75) is 43.9 Å². The third-order valence-corrected chi connectivity index (χ3v) is 4.90. The van der Waals surface area contributed by atoms with E-state index in [1.807, 2.05) is 13.1 Å². The van der Waals surface area contributed by atoms with Crippen LogP contribution in [0.5, 0.6) is 0 Å². The lowest BCUT2D eigenvalue weighted by Crippen LogP contribution is -2.49. The van der Waals surface area contributed by atoms with Gasteiger partial charge in [0.25, 0.3) is 0 Å². The molecule has 7 heteroatoms.